The molecule has 2 heterocycles. The molecule has 1 N–H and O–H groups in total. The maximum Gasteiger partial charge on any atom is 0.278 e. The molecule has 112 valence electrons. The standard InChI is InChI=1S/C14H16BrN3O3/c1-7-8(2)13-9(5-10(7)15)14(20)18(17-16-13)11-6-21-4-3-12(11)19/h5,11-12,19H,3-4,6H2,1-2H3/t11-,12-/m1/s1. The SMILES string of the molecule is Cc1c(Br)cc2c(=O)n([C@@H]3COCC[C@H]3O)nnc2c1C. The van der Waals surface area contributed by atoms with Crippen molar-refractivity contribution in [2.45, 2.75) is 32.4 Å². The summed E-state index contributed by atoms with van der Waals surface area (Å²) in [5.74, 6) is 0. The van der Waals surface area contributed by atoms with Crippen molar-refractivity contribution in [1.82, 2.24) is 15.0 Å². The smallest absolute Gasteiger partial charge is 0.278 e. The Labute approximate surface area is 129 Å². The lowest BCUT2D eigenvalue weighted by molar-refractivity contribution is -0.0352. The Bertz CT molecular complexity index is 759. The largest absolute Gasteiger partial charge is 0.391 e. The van der Waals surface area contributed by atoms with Crippen molar-refractivity contribution < 1.29 is 9.84 Å². The van der Waals surface area contributed by atoms with E-state index in [9.17, 15) is 9.90 Å². The third kappa shape index (κ3) is 2.39. The number of ether oxygens (including phenoxy) is 1. The molecule has 7 heteroatoms. The van der Waals surface area contributed by atoms with Crippen LogP contribution in [0.25, 0.3) is 10.9 Å². The first-order valence-electron chi connectivity index (χ1n) is 6.81. The van der Waals surface area contributed by atoms with Gasteiger partial charge in [-0.1, -0.05) is 21.1 Å². The van der Waals surface area contributed by atoms with Crippen LogP contribution < -0.4 is 5.56 Å². The number of aryl methyl sites for hydroxylation is 1. The molecule has 1 aromatic carbocycles. The number of aliphatic hydroxyl groups excluding tert-OH is 1. The van der Waals surface area contributed by atoms with Crippen molar-refractivity contribution in [3.05, 3.63) is 32.0 Å². The molecule has 1 fully saturated rings. The maximum absolute atomic E-state index is 12.7. The zero-order valence-corrected chi connectivity index (χ0v) is 13.4. The van der Waals surface area contributed by atoms with Crippen LogP contribution in [0.2, 0.25) is 0 Å². The Balaban J connectivity index is 2.21. The minimum Gasteiger partial charge on any atom is -0.391 e. The van der Waals surface area contributed by atoms with Gasteiger partial charge < -0.3 is 9.84 Å². The van der Waals surface area contributed by atoms with E-state index in [1.807, 2.05) is 13.8 Å². The molecule has 0 spiro atoms. The van der Waals surface area contributed by atoms with Crippen molar-refractivity contribution in [3.8, 4) is 0 Å². The molecule has 2 aromatic rings. The molecular formula is C14H16BrN3O3. The van der Waals surface area contributed by atoms with Gasteiger partial charge in [0, 0.05) is 11.1 Å². The quantitative estimate of drug-likeness (QED) is 0.840. The molecule has 0 amide bonds. The predicted octanol–water partition coefficient (Wildman–Crippen LogP) is 1.49. The van der Waals surface area contributed by atoms with Gasteiger partial charge in [0.15, 0.2) is 0 Å². The van der Waals surface area contributed by atoms with Gasteiger partial charge in [-0.3, -0.25) is 4.79 Å². The van der Waals surface area contributed by atoms with Gasteiger partial charge in [0.2, 0.25) is 0 Å². The minimum atomic E-state index is -0.641. The molecule has 0 aliphatic carbocycles. The maximum atomic E-state index is 12.7. The summed E-state index contributed by atoms with van der Waals surface area (Å²) in [6, 6.07) is 1.28. The van der Waals surface area contributed by atoms with E-state index in [4.69, 9.17) is 4.74 Å². The molecule has 2 atom stereocenters. The Morgan fingerprint density at radius 3 is 2.90 bits per heavy atom. The molecule has 1 aliphatic heterocycles. The molecule has 1 aliphatic rings. The normalized spacial score (nSPS) is 22.7. The van der Waals surface area contributed by atoms with Crippen molar-refractivity contribution in [2.24, 2.45) is 0 Å². The summed E-state index contributed by atoms with van der Waals surface area (Å²) in [5.41, 5.74) is 2.31. The number of rotatable bonds is 1. The van der Waals surface area contributed by atoms with Gasteiger partial charge in [-0.15, -0.1) is 5.10 Å². The van der Waals surface area contributed by atoms with Crippen LogP contribution in [0.5, 0.6) is 0 Å². The van der Waals surface area contributed by atoms with Gasteiger partial charge in [-0.2, -0.15) is 0 Å². The lowest BCUT2D eigenvalue weighted by atomic mass is 10.1. The Morgan fingerprint density at radius 1 is 1.43 bits per heavy atom. The predicted molar refractivity (Wildman–Crippen MR) is 81.5 cm³/mol. The van der Waals surface area contributed by atoms with Crippen molar-refractivity contribution in [3.63, 3.8) is 0 Å². The highest BCUT2D eigenvalue weighted by Gasteiger charge is 2.28. The number of benzene rings is 1. The Hall–Kier alpha value is -1.31. The van der Waals surface area contributed by atoms with Gasteiger partial charge in [-0.25, -0.2) is 4.68 Å². The van der Waals surface area contributed by atoms with Gasteiger partial charge in [0.25, 0.3) is 5.56 Å². The van der Waals surface area contributed by atoms with Gasteiger partial charge in [0.1, 0.15) is 11.6 Å². The van der Waals surface area contributed by atoms with E-state index in [0.717, 1.165) is 15.6 Å². The van der Waals surface area contributed by atoms with Gasteiger partial charge in [0.05, 0.1) is 18.1 Å². The van der Waals surface area contributed by atoms with Crippen LogP contribution in [0.15, 0.2) is 15.3 Å². The van der Waals surface area contributed by atoms with E-state index in [0.29, 0.717) is 23.9 Å². The summed E-state index contributed by atoms with van der Waals surface area (Å²) >= 11 is 3.46. The van der Waals surface area contributed by atoms with Crippen LogP contribution in [0, 0.1) is 13.8 Å². The van der Waals surface area contributed by atoms with Gasteiger partial charge >= 0.3 is 0 Å². The second-order valence-electron chi connectivity index (χ2n) is 5.34. The zero-order chi connectivity index (χ0) is 15.1. The number of hydrogen-bond donors (Lipinski definition) is 1. The van der Waals surface area contributed by atoms with E-state index >= 15 is 0 Å². The molecule has 0 unspecified atom stereocenters. The van der Waals surface area contributed by atoms with Crippen molar-refractivity contribution >= 4 is 26.8 Å². The molecule has 6 nitrogen and oxygen atoms in total. The van der Waals surface area contributed by atoms with Gasteiger partial charge in [-0.05, 0) is 37.5 Å². The summed E-state index contributed by atoms with van der Waals surface area (Å²) < 4.78 is 7.45. The lowest BCUT2D eigenvalue weighted by Crippen LogP contribution is -2.41. The summed E-state index contributed by atoms with van der Waals surface area (Å²) in [6.45, 7) is 4.65. The molecule has 0 bridgehead atoms. The number of halogens is 1. The first kappa shape index (κ1) is 14.6. The zero-order valence-electron chi connectivity index (χ0n) is 11.8. The third-order valence-corrected chi connectivity index (χ3v) is 4.91. The van der Waals surface area contributed by atoms with E-state index in [-0.39, 0.29) is 12.2 Å². The topological polar surface area (TPSA) is 77.2 Å². The second-order valence-corrected chi connectivity index (χ2v) is 6.20. The first-order chi connectivity index (χ1) is 10.0. The summed E-state index contributed by atoms with van der Waals surface area (Å²) in [7, 11) is 0. The number of aliphatic hydroxyl groups is 1. The average Bonchev–Trinajstić information content (AvgIpc) is 2.47. The highest BCUT2D eigenvalue weighted by molar-refractivity contribution is 9.10. The molecule has 21 heavy (non-hydrogen) atoms. The first-order valence-corrected chi connectivity index (χ1v) is 7.60. The van der Waals surface area contributed by atoms with Crippen molar-refractivity contribution in [1.29, 1.82) is 0 Å². The van der Waals surface area contributed by atoms with E-state index in [1.165, 1.54) is 4.68 Å². The monoisotopic (exact) mass is 353 g/mol. The molecule has 0 radical (unpaired) electrons. The molecule has 3 rings (SSSR count). The average molecular weight is 354 g/mol. The highest BCUT2D eigenvalue weighted by Crippen LogP contribution is 2.26. The molecular weight excluding hydrogens is 338 g/mol. The van der Waals surface area contributed by atoms with Crippen LogP contribution >= 0.6 is 15.9 Å². The fraction of sp³-hybridized carbons (Fsp3) is 0.500. The molecule has 1 saturated heterocycles. The lowest BCUT2D eigenvalue weighted by Gasteiger charge is -2.27. The summed E-state index contributed by atoms with van der Waals surface area (Å²) in [6.07, 6.45) is -0.147. The Morgan fingerprint density at radius 2 is 2.19 bits per heavy atom. The van der Waals surface area contributed by atoms with E-state index < -0.39 is 12.1 Å². The number of fused-ring (bicyclic) bond motifs is 1. The highest BCUT2D eigenvalue weighted by atomic mass is 79.9. The second kappa shape index (κ2) is 5.47. The number of nitrogens with zero attached hydrogens (tertiary/aromatic N) is 3. The Kier molecular flexibility index (Phi) is 3.81. The minimum absolute atomic E-state index is 0.252. The van der Waals surface area contributed by atoms with E-state index in [2.05, 4.69) is 26.2 Å². The molecule has 1 aromatic heterocycles. The molecule has 0 saturated carbocycles. The van der Waals surface area contributed by atoms with Crippen molar-refractivity contribution in [2.75, 3.05) is 13.2 Å². The van der Waals surface area contributed by atoms with Crippen LogP contribution in [-0.2, 0) is 4.74 Å². The van der Waals surface area contributed by atoms with Crippen LogP contribution in [0.4, 0.5) is 0 Å². The van der Waals surface area contributed by atoms with Crippen LogP contribution in [-0.4, -0.2) is 39.4 Å². The third-order valence-electron chi connectivity index (χ3n) is 4.09. The number of aromatic nitrogens is 3. The fourth-order valence-electron chi connectivity index (χ4n) is 2.57. The number of hydrogen-bond acceptors (Lipinski definition) is 5. The summed E-state index contributed by atoms with van der Waals surface area (Å²) in [4.78, 5) is 12.7. The van der Waals surface area contributed by atoms with E-state index in [1.54, 1.807) is 6.07 Å². The summed E-state index contributed by atoms with van der Waals surface area (Å²) in [5, 5.41) is 18.7. The van der Waals surface area contributed by atoms with Crippen LogP contribution in [0.1, 0.15) is 23.6 Å². The fourth-order valence-corrected chi connectivity index (χ4v) is 3.10. The van der Waals surface area contributed by atoms with Crippen LogP contribution in [0.3, 0.4) is 0 Å².